The zero-order valence-electron chi connectivity index (χ0n) is 12.6. The van der Waals surface area contributed by atoms with Crippen LogP contribution in [0.15, 0.2) is 24.3 Å². The summed E-state index contributed by atoms with van der Waals surface area (Å²) in [4.78, 5) is 19.7. The molecule has 4 nitrogen and oxygen atoms in total. The smallest absolute Gasteiger partial charge is 0.227 e. The van der Waals surface area contributed by atoms with Gasteiger partial charge in [0.2, 0.25) is 5.91 Å². The quantitative estimate of drug-likeness (QED) is 0.927. The van der Waals surface area contributed by atoms with Gasteiger partial charge >= 0.3 is 0 Å². The Morgan fingerprint density at radius 1 is 1.27 bits per heavy atom. The fourth-order valence-electron chi connectivity index (χ4n) is 3.62. The zero-order chi connectivity index (χ0) is 14.9. The first-order chi connectivity index (χ1) is 10.8. The lowest BCUT2D eigenvalue weighted by atomic mass is 9.98. The minimum Gasteiger partial charge on any atom is -0.333 e. The van der Waals surface area contributed by atoms with E-state index in [-0.39, 0.29) is 12.0 Å². The predicted octanol–water partition coefficient (Wildman–Crippen LogP) is 2.96. The zero-order valence-corrected chi connectivity index (χ0v) is 13.4. The van der Waals surface area contributed by atoms with Gasteiger partial charge in [0.15, 0.2) is 0 Å². The number of benzene rings is 1. The Morgan fingerprint density at radius 3 is 3.00 bits per heavy atom. The molecule has 116 valence electrons. The number of carbonyl (C=O) groups is 1. The summed E-state index contributed by atoms with van der Waals surface area (Å²) in [6.45, 7) is 2.77. The average Bonchev–Trinajstić information content (AvgIpc) is 3.21. The molecule has 5 heteroatoms. The molecule has 1 N–H and O–H groups in total. The number of likely N-dealkylation sites (tertiary alicyclic amines) is 1. The molecule has 1 aromatic heterocycles. The summed E-state index contributed by atoms with van der Waals surface area (Å²) < 4.78 is 1.22. The third-order valence-corrected chi connectivity index (χ3v) is 5.92. The van der Waals surface area contributed by atoms with Crippen molar-refractivity contribution in [3.05, 3.63) is 29.3 Å². The molecule has 0 saturated carbocycles. The molecule has 2 aromatic rings. The Morgan fingerprint density at radius 2 is 2.18 bits per heavy atom. The molecule has 0 bridgehead atoms. The molecule has 22 heavy (non-hydrogen) atoms. The maximum absolute atomic E-state index is 12.9. The van der Waals surface area contributed by atoms with Crippen LogP contribution in [-0.4, -0.2) is 35.4 Å². The van der Waals surface area contributed by atoms with Crippen LogP contribution in [0.5, 0.6) is 0 Å². The second kappa shape index (κ2) is 5.97. The Bertz CT molecular complexity index is 644. The summed E-state index contributed by atoms with van der Waals surface area (Å²) in [5.41, 5.74) is 1.06. The minimum atomic E-state index is 0.156. The Kier molecular flexibility index (Phi) is 3.84. The molecule has 0 aliphatic carbocycles. The van der Waals surface area contributed by atoms with Crippen LogP contribution in [0.1, 0.15) is 36.7 Å². The molecule has 1 amide bonds. The molecule has 3 heterocycles. The molecule has 2 atom stereocenters. The molecule has 2 unspecified atom stereocenters. The maximum atomic E-state index is 12.9. The topological polar surface area (TPSA) is 45.2 Å². The van der Waals surface area contributed by atoms with Gasteiger partial charge < -0.3 is 10.2 Å². The van der Waals surface area contributed by atoms with E-state index < -0.39 is 0 Å². The van der Waals surface area contributed by atoms with Gasteiger partial charge in [-0.1, -0.05) is 12.1 Å². The molecule has 1 aromatic carbocycles. The average molecular weight is 315 g/mol. The van der Waals surface area contributed by atoms with E-state index in [1.807, 2.05) is 6.07 Å². The summed E-state index contributed by atoms with van der Waals surface area (Å²) in [6, 6.07) is 8.43. The normalized spacial score (nSPS) is 25.7. The number of rotatable bonds is 2. The second-order valence-electron chi connectivity index (χ2n) is 6.25. The lowest BCUT2D eigenvalue weighted by Crippen LogP contribution is -2.42. The van der Waals surface area contributed by atoms with Gasteiger partial charge in [0.25, 0.3) is 0 Å². The molecule has 2 aliphatic rings. The summed E-state index contributed by atoms with van der Waals surface area (Å²) in [7, 11) is 0. The molecule has 2 fully saturated rings. The maximum Gasteiger partial charge on any atom is 0.227 e. The van der Waals surface area contributed by atoms with Crippen molar-refractivity contribution >= 4 is 27.5 Å². The molecule has 0 spiro atoms. The molecular weight excluding hydrogens is 294 g/mol. The van der Waals surface area contributed by atoms with Crippen LogP contribution in [0.2, 0.25) is 0 Å². The van der Waals surface area contributed by atoms with Crippen molar-refractivity contribution in [2.24, 2.45) is 5.92 Å². The highest BCUT2D eigenvalue weighted by molar-refractivity contribution is 7.18. The van der Waals surface area contributed by atoms with Crippen LogP contribution in [0, 0.1) is 5.92 Å². The van der Waals surface area contributed by atoms with Crippen molar-refractivity contribution in [3.8, 4) is 0 Å². The summed E-state index contributed by atoms with van der Waals surface area (Å²) >= 11 is 1.74. The molecule has 0 radical (unpaired) electrons. The molecule has 4 rings (SSSR count). The predicted molar refractivity (Wildman–Crippen MR) is 88.9 cm³/mol. The fourth-order valence-corrected chi connectivity index (χ4v) is 4.73. The van der Waals surface area contributed by atoms with Crippen molar-refractivity contribution in [1.82, 2.24) is 15.2 Å². The number of fused-ring (bicyclic) bond motifs is 1. The van der Waals surface area contributed by atoms with E-state index in [2.05, 4.69) is 28.4 Å². The first-order valence-corrected chi connectivity index (χ1v) is 9.01. The number of thiazole rings is 1. The first kappa shape index (κ1) is 14.2. The molecule has 2 aliphatic heterocycles. The van der Waals surface area contributed by atoms with Crippen molar-refractivity contribution in [2.45, 2.75) is 31.7 Å². The fraction of sp³-hybridized carbons (Fsp3) is 0.529. The number of hydrogen-bond acceptors (Lipinski definition) is 4. The van der Waals surface area contributed by atoms with Crippen LogP contribution in [-0.2, 0) is 4.79 Å². The first-order valence-electron chi connectivity index (χ1n) is 8.19. The number of hydrogen-bond donors (Lipinski definition) is 1. The van der Waals surface area contributed by atoms with Crippen molar-refractivity contribution < 1.29 is 4.79 Å². The Labute approximate surface area is 134 Å². The monoisotopic (exact) mass is 315 g/mol. The summed E-state index contributed by atoms with van der Waals surface area (Å²) in [6.07, 6.45) is 4.27. The number of nitrogens with zero attached hydrogens (tertiary/aromatic N) is 2. The van der Waals surface area contributed by atoms with Gasteiger partial charge in [0.1, 0.15) is 5.01 Å². The lowest BCUT2D eigenvalue weighted by molar-refractivity contribution is -0.137. The van der Waals surface area contributed by atoms with Gasteiger partial charge in [-0.15, -0.1) is 11.3 Å². The van der Waals surface area contributed by atoms with Gasteiger partial charge in [-0.25, -0.2) is 4.98 Å². The van der Waals surface area contributed by atoms with E-state index in [9.17, 15) is 4.79 Å². The number of para-hydroxylation sites is 1. The largest absolute Gasteiger partial charge is 0.333 e. The van der Waals surface area contributed by atoms with E-state index in [4.69, 9.17) is 4.98 Å². The highest BCUT2D eigenvalue weighted by Gasteiger charge is 2.35. The van der Waals surface area contributed by atoms with Crippen molar-refractivity contribution in [2.75, 3.05) is 19.6 Å². The highest BCUT2D eigenvalue weighted by atomic mass is 32.1. The SMILES string of the molecule is O=C(C1CCCNC1)N1CCCC1c1nc2ccccc2s1. The highest BCUT2D eigenvalue weighted by Crippen LogP contribution is 2.37. The van der Waals surface area contributed by atoms with E-state index in [0.717, 1.165) is 55.8 Å². The number of piperidine rings is 1. The third-order valence-electron chi connectivity index (χ3n) is 4.78. The van der Waals surface area contributed by atoms with Crippen LogP contribution in [0.3, 0.4) is 0 Å². The lowest BCUT2D eigenvalue weighted by Gasteiger charge is -2.30. The molecule has 2 saturated heterocycles. The molecular formula is C17H21N3OS. The van der Waals surface area contributed by atoms with E-state index >= 15 is 0 Å². The van der Waals surface area contributed by atoms with Gasteiger partial charge in [-0.05, 0) is 44.4 Å². The summed E-state index contributed by atoms with van der Waals surface area (Å²) in [5.74, 6) is 0.484. The number of amides is 1. The van der Waals surface area contributed by atoms with Crippen LogP contribution in [0.25, 0.3) is 10.2 Å². The number of nitrogens with one attached hydrogen (secondary N) is 1. The van der Waals surface area contributed by atoms with E-state index in [0.29, 0.717) is 5.91 Å². The van der Waals surface area contributed by atoms with Gasteiger partial charge in [-0.3, -0.25) is 4.79 Å². The van der Waals surface area contributed by atoms with Gasteiger partial charge in [-0.2, -0.15) is 0 Å². The van der Waals surface area contributed by atoms with Crippen molar-refractivity contribution in [3.63, 3.8) is 0 Å². The Hall–Kier alpha value is -1.46. The second-order valence-corrected chi connectivity index (χ2v) is 7.31. The Balaban J connectivity index is 1.58. The van der Waals surface area contributed by atoms with Crippen LogP contribution in [0.4, 0.5) is 0 Å². The third kappa shape index (κ3) is 2.52. The van der Waals surface area contributed by atoms with Crippen LogP contribution < -0.4 is 5.32 Å². The number of carbonyl (C=O) groups excluding carboxylic acids is 1. The van der Waals surface area contributed by atoms with E-state index in [1.165, 1.54) is 4.70 Å². The minimum absolute atomic E-state index is 0.156. The van der Waals surface area contributed by atoms with Crippen LogP contribution >= 0.6 is 11.3 Å². The van der Waals surface area contributed by atoms with Gasteiger partial charge in [0, 0.05) is 13.1 Å². The summed E-state index contributed by atoms with van der Waals surface area (Å²) in [5, 5.41) is 4.46. The number of aromatic nitrogens is 1. The van der Waals surface area contributed by atoms with E-state index in [1.54, 1.807) is 11.3 Å². The van der Waals surface area contributed by atoms with Gasteiger partial charge in [0.05, 0.1) is 22.2 Å². The van der Waals surface area contributed by atoms with Crippen molar-refractivity contribution in [1.29, 1.82) is 0 Å². The standard InChI is InChI=1S/C17H21N3OS/c21-17(12-5-3-9-18-11-12)20-10-4-7-14(20)16-19-13-6-1-2-8-15(13)22-16/h1-2,6,8,12,14,18H,3-5,7,9-11H2.